The maximum absolute atomic E-state index is 14.1. The van der Waals surface area contributed by atoms with Crippen molar-refractivity contribution < 1.29 is 26.4 Å². The number of amides is 1. The van der Waals surface area contributed by atoms with Gasteiger partial charge in [-0.2, -0.15) is 13.2 Å². The van der Waals surface area contributed by atoms with Crippen molar-refractivity contribution in [1.29, 1.82) is 0 Å². The van der Waals surface area contributed by atoms with Crippen molar-refractivity contribution in [3.05, 3.63) is 59.3 Å². The summed E-state index contributed by atoms with van der Waals surface area (Å²) in [6.45, 7) is 4.25. The van der Waals surface area contributed by atoms with Crippen LogP contribution in [0.2, 0.25) is 0 Å². The van der Waals surface area contributed by atoms with Crippen LogP contribution in [0.15, 0.2) is 42.6 Å². The molecule has 1 N–H and O–H groups in total. The van der Waals surface area contributed by atoms with Crippen LogP contribution in [-0.4, -0.2) is 55.0 Å². The van der Waals surface area contributed by atoms with Crippen LogP contribution in [-0.2, 0) is 26.5 Å². The monoisotopic (exact) mass is 509 g/mol. The number of benzene rings is 1. The summed E-state index contributed by atoms with van der Waals surface area (Å²) in [5, 5.41) is 3.36. The standard InChI is InChI=1S/C25H30F3N3O3S/c1-24(2)19-7-5-4-6-17(19)14-20(24)30-21-9-8-18(15-29-21)22(25(26,27)28)31(3)23(32)16-10-12-35(33,34)13-11-16/h4-9,15-16,20,22H,10-14H2,1-3H3,(H,29,30). The van der Waals surface area contributed by atoms with Gasteiger partial charge in [0.1, 0.15) is 15.7 Å². The fraction of sp³-hybridized carbons (Fsp3) is 0.520. The third-order valence-electron chi connectivity index (χ3n) is 7.38. The summed E-state index contributed by atoms with van der Waals surface area (Å²) in [5.41, 5.74) is 2.16. The van der Waals surface area contributed by atoms with Gasteiger partial charge in [-0.05, 0) is 36.5 Å². The summed E-state index contributed by atoms with van der Waals surface area (Å²) in [6.07, 6.45) is -2.69. The Morgan fingerprint density at radius 1 is 1.14 bits per heavy atom. The van der Waals surface area contributed by atoms with Crippen LogP contribution < -0.4 is 5.32 Å². The minimum Gasteiger partial charge on any atom is -0.366 e. The van der Waals surface area contributed by atoms with Crippen LogP contribution >= 0.6 is 0 Å². The lowest BCUT2D eigenvalue weighted by Crippen LogP contribution is -2.44. The van der Waals surface area contributed by atoms with Crippen molar-refractivity contribution in [2.45, 2.75) is 56.8 Å². The lowest BCUT2D eigenvalue weighted by Gasteiger charge is -2.34. The number of fused-ring (bicyclic) bond motifs is 1. The van der Waals surface area contributed by atoms with Crippen LogP contribution in [0.25, 0.3) is 0 Å². The Hall–Kier alpha value is -2.62. The predicted octanol–water partition coefficient (Wildman–Crippen LogP) is 4.28. The van der Waals surface area contributed by atoms with E-state index in [9.17, 15) is 26.4 Å². The molecule has 1 aliphatic carbocycles. The van der Waals surface area contributed by atoms with E-state index in [4.69, 9.17) is 0 Å². The first-order chi connectivity index (χ1) is 16.3. The van der Waals surface area contributed by atoms with Gasteiger partial charge in [0.2, 0.25) is 5.91 Å². The smallest absolute Gasteiger partial charge is 0.366 e. The first-order valence-corrected chi connectivity index (χ1v) is 13.5. The first-order valence-electron chi connectivity index (χ1n) is 11.6. The number of carbonyl (C=O) groups is 1. The molecule has 0 saturated carbocycles. The molecule has 10 heteroatoms. The Morgan fingerprint density at radius 2 is 1.80 bits per heavy atom. The van der Waals surface area contributed by atoms with E-state index >= 15 is 0 Å². The maximum atomic E-state index is 14.1. The van der Waals surface area contributed by atoms with Crippen LogP contribution in [0, 0.1) is 5.92 Å². The van der Waals surface area contributed by atoms with Gasteiger partial charge in [-0.25, -0.2) is 13.4 Å². The van der Waals surface area contributed by atoms with Crippen molar-refractivity contribution in [3.63, 3.8) is 0 Å². The molecule has 2 unspecified atom stereocenters. The molecule has 1 aromatic carbocycles. The van der Waals surface area contributed by atoms with Gasteiger partial charge in [0.25, 0.3) is 0 Å². The van der Waals surface area contributed by atoms with E-state index in [1.807, 2.05) is 12.1 Å². The quantitative estimate of drug-likeness (QED) is 0.651. The van der Waals surface area contributed by atoms with Crippen molar-refractivity contribution in [3.8, 4) is 0 Å². The lowest BCUT2D eigenvalue weighted by molar-refractivity contribution is -0.190. The summed E-state index contributed by atoms with van der Waals surface area (Å²) in [4.78, 5) is 17.8. The van der Waals surface area contributed by atoms with Crippen molar-refractivity contribution in [2.24, 2.45) is 5.92 Å². The molecule has 4 rings (SSSR count). The molecule has 2 heterocycles. The van der Waals surface area contributed by atoms with Gasteiger partial charge in [0, 0.05) is 36.2 Å². The number of rotatable bonds is 5. The van der Waals surface area contributed by atoms with E-state index in [2.05, 4.69) is 36.3 Å². The third-order valence-corrected chi connectivity index (χ3v) is 9.10. The summed E-state index contributed by atoms with van der Waals surface area (Å²) in [7, 11) is -2.11. The van der Waals surface area contributed by atoms with Gasteiger partial charge in [0.15, 0.2) is 6.04 Å². The van der Waals surface area contributed by atoms with Crippen LogP contribution in [0.3, 0.4) is 0 Å². The molecule has 1 amide bonds. The highest BCUT2D eigenvalue weighted by Gasteiger charge is 2.47. The van der Waals surface area contributed by atoms with Crippen molar-refractivity contribution >= 4 is 21.6 Å². The van der Waals surface area contributed by atoms with Gasteiger partial charge in [0.05, 0.1) is 11.5 Å². The Labute approximate surface area is 203 Å². The molecule has 0 bridgehead atoms. The minimum atomic E-state index is -4.71. The largest absolute Gasteiger partial charge is 0.413 e. The summed E-state index contributed by atoms with van der Waals surface area (Å²) in [6, 6.07) is 8.89. The second kappa shape index (κ2) is 9.11. The number of sulfone groups is 1. The van der Waals surface area contributed by atoms with E-state index in [1.165, 1.54) is 23.3 Å². The zero-order valence-corrected chi connectivity index (χ0v) is 20.8. The number of carbonyl (C=O) groups excluding carboxylic acids is 1. The van der Waals surface area contributed by atoms with Crippen molar-refractivity contribution in [2.75, 3.05) is 23.9 Å². The number of hydrogen-bond acceptors (Lipinski definition) is 5. The van der Waals surface area contributed by atoms with Gasteiger partial charge in [-0.3, -0.25) is 4.79 Å². The van der Waals surface area contributed by atoms with E-state index in [0.29, 0.717) is 10.7 Å². The Kier molecular flexibility index (Phi) is 6.63. The number of nitrogens with zero attached hydrogens (tertiary/aromatic N) is 2. The van der Waals surface area contributed by atoms with Crippen LogP contribution in [0.1, 0.15) is 49.4 Å². The molecule has 2 aliphatic rings. The van der Waals surface area contributed by atoms with Gasteiger partial charge < -0.3 is 10.2 Å². The Morgan fingerprint density at radius 3 is 2.37 bits per heavy atom. The topological polar surface area (TPSA) is 79.4 Å². The second-order valence-electron chi connectivity index (χ2n) is 10.1. The fourth-order valence-electron chi connectivity index (χ4n) is 5.24. The molecular weight excluding hydrogens is 479 g/mol. The molecule has 1 aromatic heterocycles. The number of anilines is 1. The van der Waals surface area contributed by atoms with E-state index in [0.717, 1.165) is 19.7 Å². The normalized spacial score (nSPS) is 22.3. The fourth-order valence-corrected chi connectivity index (χ4v) is 6.73. The molecule has 1 saturated heterocycles. The van der Waals surface area contributed by atoms with Gasteiger partial charge >= 0.3 is 6.18 Å². The number of alkyl halides is 3. The summed E-state index contributed by atoms with van der Waals surface area (Å²) < 4.78 is 65.5. The molecule has 190 valence electrons. The number of hydrogen-bond donors (Lipinski definition) is 1. The summed E-state index contributed by atoms with van der Waals surface area (Å²) in [5.74, 6) is -1.34. The average Bonchev–Trinajstić information content (AvgIpc) is 3.03. The minimum absolute atomic E-state index is 0.0310. The van der Waals surface area contributed by atoms with Gasteiger partial charge in [-0.15, -0.1) is 0 Å². The molecule has 1 fully saturated rings. The molecular formula is C25H30F3N3O3S. The van der Waals surface area contributed by atoms with Crippen molar-refractivity contribution in [1.82, 2.24) is 9.88 Å². The predicted molar refractivity (Wildman–Crippen MR) is 128 cm³/mol. The molecule has 35 heavy (non-hydrogen) atoms. The Bertz CT molecular complexity index is 1180. The number of nitrogens with one attached hydrogen (secondary N) is 1. The molecule has 2 aromatic rings. The van der Waals surface area contributed by atoms with E-state index in [-0.39, 0.29) is 41.4 Å². The highest BCUT2D eigenvalue weighted by molar-refractivity contribution is 7.91. The molecule has 6 nitrogen and oxygen atoms in total. The maximum Gasteiger partial charge on any atom is 0.413 e. The molecule has 2 atom stereocenters. The second-order valence-corrected chi connectivity index (χ2v) is 12.4. The SMILES string of the molecule is CN(C(=O)C1CCS(=O)(=O)CC1)C(c1ccc(NC2Cc3ccccc3C2(C)C)nc1)C(F)(F)F. The molecule has 1 aliphatic heterocycles. The van der Waals surface area contributed by atoms with Crippen LogP contribution in [0.4, 0.5) is 19.0 Å². The van der Waals surface area contributed by atoms with E-state index in [1.54, 1.807) is 0 Å². The molecule has 0 spiro atoms. The summed E-state index contributed by atoms with van der Waals surface area (Å²) >= 11 is 0. The Balaban J connectivity index is 1.50. The zero-order valence-electron chi connectivity index (χ0n) is 20.0. The average molecular weight is 510 g/mol. The number of pyridine rings is 1. The lowest BCUT2D eigenvalue weighted by atomic mass is 9.83. The molecule has 0 radical (unpaired) electrons. The van der Waals surface area contributed by atoms with Crippen LogP contribution in [0.5, 0.6) is 0 Å². The number of aromatic nitrogens is 1. The van der Waals surface area contributed by atoms with Gasteiger partial charge in [-0.1, -0.05) is 44.2 Å². The highest BCUT2D eigenvalue weighted by atomic mass is 32.2. The third kappa shape index (κ3) is 5.17. The zero-order chi connectivity index (χ0) is 25.6. The first kappa shape index (κ1) is 25.5. The highest BCUT2D eigenvalue weighted by Crippen LogP contribution is 2.41. The number of halogens is 3. The van der Waals surface area contributed by atoms with E-state index < -0.39 is 33.9 Å².